The van der Waals surface area contributed by atoms with Crippen LogP contribution in [0.5, 0.6) is 5.75 Å². The van der Waals surface area contributed by atoms with Crippen molar-refractivity contribution in [3.05, 3.63) is 29.6 Å². The van der Waals surface area contributed by atoms with Crippen LogP contribution in [0, 0.1) is 5.82 Å². The van der Waals surface area contributed by atoms with Crippen molar-refractivity contribution in [2.75, 3.05) is 19.0 Å². The maximum atomic E-state index is 13.1. The van der Waals surface area contributed by atoms with E-state index in [0.29, 0.717) is 23.8 Å². The summed E-state index contributed by atoms with van der Waals surface area (Å²) in [6.45, 7) is 0.622. The summed E-state index contributed by atoms with van der Waals surface area (Å²) in [5.74, 6) is 0.418. The van der Waals surface area contributed by atoms with Gasteiger partial charge in [0.25, 0.3) is 0 Å². The van der Waals surface area contributed by atoms with Crippen LogP contribution in [-0.2, 0) is 6.42 Å². The van der Waals surface area contributed by atoms with E-state index in [1.54, 1.807) is 13.2 Å². The molecule has 5 nitrogen and oxygen atoms in total. The number of halogens is 1. The fraction of sp³-hybridized carbons (Fsp3) is 0.300. The molecule has 2 aromatic rings. The highest BCUT2D eigenvalue weighted by Crippen LogP contribution is 2.19. The number of benzene rings is 1. The van der Waals surface area contributed by atoms with E-state index in [4.69, 9.17) is 4.74 Å². The van der Waals surface area contributed by atoms with Gasteiger partial charge in [-0.15, -0.1) is 0 Å². The predicted octanol–water partition coefficient (Wildman–Crippen LogP) is 1.74. The maximum absolute atomic E-state index is 13.1. The van der Waals surface area contributed by atoms with Gasteiger partial charge in [0.2, 0.25) is 5.13 Å². The first-order chi connectivity index (χ1) is 8.29. The molecule has 0 spiro atoms. The van der Waals surface area contributed by atoms with Crippen LogP contribution < -0.4 is 10.1 Å². The minimum atomic E-state index is -0.265. The lowest BCUT2D eigenvalue weighted by atomic mass is 10.1. The van der Waals surface area contributed by atoms with Crippen LogP contribution in [-0.4, -0.2) is 28.5 Å². The fourth-order valence-electron chi connectivity index (χ4n) is 1.45. The van der Waals surface area contributed by atoms with Crippen molar-refractivity contribution in [3.63, 3.8) is 0 Å². The van der Waals surface area contributed by atoms with Gasteiger partial charge in [0.15, 0.2) is 0 Å². The number of hydrogen-bond acceptors (Lipinski definition) is 6. The minimum Gasteiger partial charge on any atom is -0.496 e. The quantitative estimate of drug-likeness (QED) is 0.880. The Morgan fingerprint density at radius 2 is 2.35 bits per heavy atom. The third kappa shape index (κ3) is 3.10. The standard InChI is InChI=1S/C10H11FN4OS/c1-16-9-3-2-8(11)6-7(9)4-5-12-10-13-14-15-17-10/h2-3,6H,4-5H2,1H3,(H,12,13,15). The highest BCUT2D eigenvalue weighted by Gasteiger charge is 2.05. The number of nitrogens with zero attached hydrogens (tertiary/aromatic N) is 3. The molecule has 0 unspecified atom stereocenters. The van der Waals surface area contributed by atoms with Gasteiger partial charge in [0.1, 0.15) is 11.6 Å². The van der Waals surface area contributed by atoms with E-state index in [1.165, 1.54) is 23.7 Å². The Bertz CT molecular complexity index is 477. The van der Waals surface area contributed by atoms with Crippen LogP contribution in [0.3, 0.4) is 0 Å². The van der Waals surface area contributed by atoms with Crippen LogP contribution in [0.2, 0.25) is 0 Å². The molecule has 2 rings (SSSR count). The lowest BCUT2D eigenvalue weighted by Gasteiger charge is -2.08. The summed E-state index contributed by atoms with van der Waals surface area (Å²) in [5.41, 5.74) is 0.817. The molecule has 0 fully saturated rings. The molecule has 1 aromatic heterocycles. The largest absolute Gasteiger partial charge is 0.496 e. The molecule has 0 radical (unpaired) electrons. The van der Waals surface area contributed by atoms with E-state index in [-0.39, 0.29) is 5.82 Å². The summed E-state index contributed by atoms with van der Waals surface area (Å²) in [6.07, 6.45) is 0.639. The Morgan fingerprint density at radius 1 is 1.47 bits per heavy atom. The molecule has 7 heteroatoms. The van der Waals surface area contributed by atoms with E-state index in [0.717, 1.165) is 5.56 Å². The second-order valence-electron chi connectivity index (χ2n) is 3.30. The van der Waals surface area contributed by atoms with Crippen LogP contribution in [0.4, 0.5) is 9.52 Å². The van der Waals surface area contributed by atoms with Crippen molar-refractivity contribution >= 4 is 16.7 Å². The van der Waals surface area contributed by atoms with Crippen molar-refractivity contribution in [2.24, 2.45) is 0 Å². The summed E-state index contributed by atoms with van der Waals surface area (Å²) < 4.78 is 21.9. The van der Waals surface area contributed by atoms with Gasteiger partial charge in [0, 0.05) is 18.1 Å². The fourth-order valence-corrected chi connectivity index (χ4v) is 1.84. The van der Waals surface area contributed by atoms with Crippen molar-refractivity contribution in [1.29, 1.82) is 0 Å². The second-order valence-corrected chi connectivity index (χ2v) is 4.03. The van der Waals surface area contributed by atoms with E-state index in [2.05, 4.69) is 20.1 Å². The van der Waals surface area contributed by atoms with Crippen LogP contribution in [0.15, 0.2) is 18.2 Å². The third-order valence-electron chi connectivity index (χ3n) is 2.21. The molecule has 1 heterocycles. The van der Waals surface area contributed by atoms with Crippen molar-refractivity contribution in [1.82, 2.24) is 14.8 Å². The van der Waals surface area contributed by atoms with E-state index in [1.807, 2.05) is 0 Å². The van der Waals surface area contributed by atoms with Gasteiger partial charge in [-0.25, -0.2) is 4.39 Å². The second kappa shape index (κ2) is 5.53. The number of rotatable bonds is 5. The molecular weight excluding hydrogens is 243 g/mol. The summed E-state index contributed by atoms with van der Waals surface area (Å²) in [7, 11) is 1.57. The number of methoxy groups -OCH3 is 1. The average molecular weight is 254 g/mol. The van der Waals surface area contributed by atoms with Crippen LogP contribution >= 0.6 is 11.5 Å². The first kappa shape index (κ1) is 11.7. The third-order valence-corrected chi connectivity index (χ3v) is 2.77. The Labute approximate surface area is 102 Å². The highest BCUT2D eigenvalue weighted by molar-refractivity contribution is 7.09. The molecule has 0 bridgehead atoms. The molecule has 0 atom stereocenters. The Hall–Kier alpha value is -1.76. The summed E-state index contributed by atoms with van der Waals surface area (Å²) in [6, 6.07) is 4.47. The zero-order chi connectivity index (χ0) is 12.1. The molecule has 1 N–H and O–H groups in total. The first-order valence-corrected chi connectivity index (χ1v) is 5.78. The summed E-state index contributed by atoms with van der Waals surface area (Å²) in [5, 5.41) is 10.9. The van der Waals surface area contributed by atoms with E-state index < -0.39 is 0 Å². The average Bonchev–Trinajstić information content (AvgIpc) is 2.82. The predicted molar refractivity (Wildman–Crippen MR) is 62.8 cm³/mol. The van der Waals surface area contributed by atoms with E-state index in [9.17, 15) is 4.39 Å². The summed E-state index contributed by atoms with van der Waals surface area (Å²) >= 11 is 1.18. The maximum Gasteiger partial charge on any atom is 0.225 e. The summed E-state index contributed by atoms with van der Waals surface area (Å²) in [4.78, 5) is 0. The van der Waals surface area contributed by atoms with Gasteiger partial charge in [-0.05, 0) is 35.4 Å². The zero-order valence-electron chi connectivity index (χ0n) is 9.18. The number of hydrogen-bond donors (Lipinski definition) is 1. The first-order valence-electron chi connectivity index (χ1n) is 5.01. The lowest BCUT2D eigenvalue weighted by Crippen LogP contribution is -2.06. The molecular formula is C10H11FN4OS. The van der Waals surface area contributed by atoms with Gasteiger partial charge >= 0.3 is 0 Å². The molecule has 1 aromatic carbocycles. The lowest BCUT2D eigenvalue weighted by molar-refractivity contribution is 0.408. The molecule has 17 heavy (non-hydrogen) atoms. The van der Waals surface area contributed by atoms with Gasteiger partial charge in [-0.3, -0.25) is 0 Å². The molecule has 0 aliphatic rings. The van der Waals surface area contributed by atoms with Crippen molar-refractivity contribution in [3.8, 4) is 5.75 Å². The minimum absolute atomic E-state index is 0.265. The number of aromatic nitrogens is 3. The van der Waals surface area contributed by atoms with Crippen molar-refractivity contribution in [2.45, 2.75) is 6.42 Å². The van der Waals surface area contributed by atoms with Crippen LogP contribution in [0.25, 0.3) is 0 Å². The number of nitrogens with one attached hydrogen (secondary N) is 1. The molecule has 0 saturated heterocycles. The number of anilines is 1. The molecule has 0 aliphatic carbocycles. The zero-order valence-corrected chi connectivity index (χ0v) is 10.00. The topological polar surface area (TPSA) is 59.9 Å². The Kier molecular flexibility index (Phi) is 3.81. The molecule has 0 aliphatic heterocycles. The van der Waals surface area contributed by atoms with Gasteiger partial charge in [-0.2, -0.15) is 0 Å². The van der Waals surface area contributed by atoms with Crippen LogP contribution in [0.1, 0.15) is 5.56 Å². The van der Waals surface area contributed by atoms with Crippen molar-refractivity contribution < 1.29 is 9.13 Å². The smallest absolute Gasteiger partial charge is 0.225 e. The Morgan fingerprint density at radius 3 is 3.06 bits per heavy atom. The normalized spacial score (nSPS) is 10.2. The monoisotopic (exact) mass is 254 g/mol. The molecule has 0 amide bonds. The highest BCUT2D eigenvalue weighted by atomic mass is 32.1. The molecule has 90 valence electrons. The Balaban J connectivity index is 1.96. The van der Waals surface area contributed by atoms with E-state index >= 15 is 0 Å². The van der Waals surface area contributed by atoms with Gasteiger partial charge < -0.3 is 10.1 Å². The van der Waals surface area contributed by atoms with Gasteiger partial charge in [-0.1, -0.05) is 9.59 Å². The SMILES string of the molecule is COc1ccc(F)cc1CCNc1nnns1. The van der Waals surface area contributed by atoms with Gasteiger partial charge in [0.05, 0.1) is 7.11 Å². The number of ether oxygens (including phenoxy) is 1. The molecule has 0 saturated carbocycles.